The van der Waals surface area contributed by atoms with Gasteiger partial charge in [-0.25, -0.2) is 0 Å². The summed E-state index contributed by atoms with van der Waals surface area (Å²) < 4.78 is 0. The monoisotopic (exact) mass is 275 g/mol. The second-order valence-corrected chi connectivity index (χ2v) is 5.93. The lowest BCUT2D eigenvalue weighted by atomic mass is 10.2. The molecule has 0 aliphatic carbocycles. The maximum atomic E-state index is 3.57. The third kappa shape index (κ3) is 4.50. The van der Waals surface area contributed by atoms with Crippen LogP contribution in [0, 0.1) is 6.92 Å². The predicted octanol–water partition coefficient (Wildman–Crippen LogP) is 2.51. The van der Waals surface area contributed by atoms with Crippen molar-refractivity contribution in [3.05, 3.63) is 29.8 Å². The van der Waals surface area contributed by atoms with E-state index in [2.05, 4.69) is 60.2 Å². The van der Waals surface area contributed by atoms with Crippen LogP contribution in [0.15, 0.2) is 24.3 Å². The van der Waals surface area contributed by atoms with Gasteiger partial charge in [0.25, 0.3) is 0 Å². The van der Waals surface area contributed by atoms with Gasteiger partial charge in [0.15, 0.2) is 0 Å². The van der Waals surface area contributed by atoms with Crippen molar-refractivity contribution in [3.8, 4) is 0 Å². The lowest BCUT2D eigenvalue weighted by molar-refractivity contribution is 0.254. The van der Waals surface area contributed by atoms with Gasteiger partial charge in [0.2, 0.25) is 0 Å². The van der Waals surface area contributed by atoms with Crippen LogP contribution in [0.1, 0.15) is 25.8 Å². The molecule has 1 atom stereocenters. The Morgan fingerprint density at radius 1 is 1.20 bits per heavy atom. The smallest absolute Gasteiger partial charge is 0.0369 e. The van der Waals surface area contributed by atoms with Gasteiger partial charge in [-0.15, -0.1) is 0 Å². The highest BCUT2D eigenvalue weighted by atomic mass is 15.3. The summed E-state index contributed by atoms with van der Waals surface area (Å²) in [5, 5.41) is 3.57. The molecular formula is C17H29N3. The molecule has 1 saturated heterocycles. The first-order chi connectivity index (χ1) is 9.69. The van der Waals surface area contributed by atoms with Crippen molar-refractivity contribution < 1.29 is 0 Å². The highest BCUT2D eigenvalue weighted by molar-refractivity contribution is 5.48. The highest BCUT2D eigenvalue weighted by Crippen LogP contribution is 2.17. The summed E-state index contributed by atoms with van der Waals surface area (Å²) in [5.74, 6) is 0. The van der Waals surface area contributed by atoms with Crippen LogP contribution >= 0.6 is 0 Å². The van der Waals surface area contributed by atoms with Crippen LogP contribution in [0.4, 0.5) is 5.69 Å². The molecule has 112 valence electrons. The summed E-state index contributed by atoms with van der Waals surface area (Å²) >= 11 is 0. The van der Waals surface area contributed by atoms with Crippen LogP contribution in [-0.4, -0.2) is 50.2 Å². The molecule has 2 rings (SSSR count). The Kier molecular flexibility index (Phi) is 5.86. The number of hydrogen-bond acceptors (Lipinski definition) is 3. The zero-order valence-electron chi connectivity index (χ0n) is 13.2. The van der Waals surface area contributed by atoms with Crippen LogP contribution in [0.3, 0.4) is 0 Å². The van der Waals surface area contributed by atoms with E-state index >= 15 is 0 Å². The van der Waals surface area contributed by atoms with Crippen molar-refractivity contribution in [3.63, 3.8) is 0 Å². The molecule has 0 radical (unpaired) electrons. The fraction of sp³-hybridized carbons (Fsp3) is 0.647. The van der Waals surface area contributed by atoms with Gasteiger partial charge in [-0.2, -0.15) is 0 Å². The number of piperazine rings is 1. The normalized spacial score (nSPS) is 18.2. The van der Waals surface area contributed by atoms with E-state index in [0.29, 0.717) is 6.04 Å². The molecule has 0 bridgehead atoms. The minimum atomic E-state index is 0.642. The molecule has 1 heterocycles. The second kappa shape index (κ2) is 7.65. The summed E-state index contributed by atoms with van der Waals surface area (Å²) in [6.07, 6.45) is 1.21. The first-order valence-corrected chi connectivity index (χ1v) is 7.96. The number of benzene rings is 1. The van der Waals surface area contributed by atoms with Crippen LogP contribution in [-0.2, 0) is 0 Å². The van der Waals surface area contributed by atoms with Gasteiger partial charge < -0.3 is 10.2 Å². The summed E-state index contributed by atoms with van der Waals surface area (Å²) in [6, 6.07) is 9.49. The molecule has 3 nitrogen and oxygen atoms in total. The van der Waals surface area contributed by atoms with E-state index in [1.165, 1.54) is 37.3 Å². The SMILES string of the molecule is CCC(C)NCCN1CCN(c2cccc(C)c2)CC1. The third-order valence-electron chi connectivity index (χ3n) is 4.27. The molecule has 0 saturated carbocycles. The van der Waals surface area contributed by atoms with E-state index in [9.17, 15) is 0 Å². The van der Waals surface area contributed by atoms with Crippen molar-refractivity contribution in [2.45, 2.75) is 33.2 Å². The fourth-order valence-corrected chi connectivity index (χ4v) is 2.67. The van der Waals surface area contributed by atoms with Crippen LogP contribution < -0.4 is 10.2 Å². The average Bonchev–Trinajstić information content (AvgIpc) is 2.48. The van der Waals surface area contributed by atoms with E-state index in [-0.39, 0.29) is 0 Å². The molecule has 1 fully saturated rings. The van der Waals surface area contributed by atoms with Crippen LogP contribution in [0.5, 0.6) is 0 Å². The molecule has 1 N–H and O–H groups in total. The molecule has 1 unspecified atom stereocenters. The summed E-state index contributed by atoms with van der Waals surface area (Å²) in [6.45, 7) is 13.6. The number of hydrogen-bond donors (Lipinski definition) is 1. The molecule has 0 spiro atoms. The molecular weight excluding hydrogens is 246 g/mol. The summed E-state index contributed by atoms with van der Waals surface area (Å²) in [4.78, 5) is 5.08. The van der Waals surface area contributed by atoms with Gasteiger partial charge in [-0.3, -0.25) is 4.90 Å². The second-order valence-electron chi connectivity index (χ2n) is 5.93. The Bertz CT molecular complexity index is 397. The first-order valence-electron chi connectivity index (χ1n) is 7.96. The van der Waals surface area contributed by atoms with Gasteiger partial charge in [-0.05, 0) is 38.0 Å². The molecule has 0 amide bonds. The minimum absolute atomic E-state index is 0.642. The molecule has 3 heteroatoms. The van der Waals surface area contributed by atoms with Gasteiger partial charge in [-0.1, -0.05) is 19.1 Å². The van der Waals surface area contributed by atoms with E-state index in [1.54, 1.807) is 0 Å². The van der Waals surface area contributed by atoms with Gasteiger partial charge in [0.05, 0.1) is 0 Å². The topological polar surface area (TPSA) is 18.5 Å². The number of anilines is 1. The Morgan fingerprint density at radius 3 is 2.60 bits per heavy atom. The maximum Gasteiger partial charge on any atom is 0.0369 e. The zero-order valence-corrected chi connectivity index (χ0v) is 13.2. The lowest BCUT2D eigenvalue weighted by Crippen LogP contribution is -2.48. The zero-order chi connectivity index (χ0) is 14.4. The Balaban J connectivity index is 1.72. The van der Waals surface area contributed by atoms with E-state index < -0.39 is 0 Å². The number of aryl methyl sites for hydroxylation is 1. The van der Waals surface area contributed by atoms with Gasteiger partial charge >= 0.3 is 0 Å². The fourth-order valence-electron chi connectivity index (χ4n) is 2.67. The average molecular weight is 275 g/mol. The van der Waals surface area contributed by atoms with Crippen molar-refractivity contribution in [1.82, 2.24) is 10.2 Å². The van der Waals surface area contributed by atoms with E-state index in [1.807, 2.05) is 0 Å². The van der Waals surface area contributed by atoms with Gasteiger partial charge in [0, 0.05) is 51.0 Å². The number of nitrogens with one attached hydrogen (secondary N) is 1. The molecule has 1 aromatic rings. The maximum absolute atomic E-state index is 3.57. The Labute approximate surface area is 124 Å². The predicted molar refractivity (Wildman–Crippen MR) is 87.6 cm³/mol. The molecule has 20 heavy (non-hydrogen) atoms. The third-order valence-corrected chi connectivity index (χ3v) is 4.27. The largest absolute Gasteiger partial charge is 0.369 e. The molecule has 1 aliphatic rings. The number of rotatable bonds is 6. The quantitative estimate of drug-likeness (QED) is 0.860. The lowest BCUT2D eigenvalue weighted by Gasteiger charge is -2.36. The molecule has 1 aromatic carbocycles. The Hall–Kier alpha value is -1.06. The summed E-state index contributed by atoms with van der Waals surface area (Å²) in [5.41, 5.74) is 2.73. The standard InChI is InChI=1S/C17H29N3/c1-4-16(3)18-8-9-19-10-12-20(13-11-19)17-7-5-6-15(2)14-17/h5-7,14,16,18H,4,8-13H2,1-3H3. The van der Waals surface area contributed by atoms with Crippen LogP contribution in [0.25, 0.3) is 0 Å². The minimum Gasteiger partial charge on any atom is -0.369 e. The summed E-state index contributed by atoms with van der Waals surface area (Å²) in [7, 11) is 0. The van der Waals surface area contributed by atoms with Crippen molar-refractivity contribution in [2.24, 2.45) is 0 Å². The Morgan fingerprint density at radius 2 is 1.95 bits per heavy atom. The molecule has 1 aliphatic heterocycles. The van der Waals surface area contributed by atoms with E-state index in [4.69, 9.17) is 0 Å². The van der Waals surface area contributed by atoms with Crippen LogP contribution in [0.2, 0.25) is 0 Å². The highest BCUT2D eigenvalue weighted by Gasteiger charge is 2.16. The number of nitrogens with zero attached hydrogens (tertiary/aromatic N) is 2. The van der Waals surface area contributed by atoms with Crippen molar-refractivity contribution in [1.29, 1.82) is 0 Å². The van der Waals surface area contributed by atoms with Crippen molar-refractivity contribution in [2.75, 3.05) is 44.2 Å². The van der Waals surface area contributed by atoms with Gasteiger partial charge in [0.1, 0.15) is 0 Å². The first kappa shape index (κ1) is 15.3. The van der Waals surface area contributed by atoms with Crippen molar-refractivity contribution >= 4 is 5.69 Å². The molecule has 0 aromatic heterocycles. The van der Waals surface area contributed by atoms with E-state index in [0.717, 1.165) is 19.6 Å².